The molecule has 1 aromatic carbocycles. The fourth-order valence-corrected chi connectivity index (χ4v) is 7.14. The number of sulfone groups is 1. The van der Waals surface area contributed by atoms with Gasteiger partial charge in [-0.05, 0) is 42.8 Å². The predicted molar refractivity (Wildman–Crippen MR) is 133 cm³/mol. The molecule has 0 bridgehead atoms. The second-order valence-electron chi connectivity index (χ2n) is 8.75. The lowest BCUT2D eigenvalue weighted by Crippen LogP contribution is -2.35. The molecular weight excluding hydrogens is 476 g/mol. The number of pyridine rings is 1. The lowest BCUT2D eigenvalue weighted by molar-refractivity contribution is 0.376. The van der Waals surface area contributed by atoms with E-state index in [-0.39, 0.29) is 23.8 Å². The number of nitrogens with one attached hydrogen (secondary N) is 1. The molecule has 0 aliphatic carbocycles. The van der Waals surface area contributed by atoms with Gasteiger partial charge in [-0.3, -0.25) is 9.36 Å². The molecule has 3 heterocycles. The number of alkyl halides is 1. The number of aryl methyl sites for hydroxylation is 1. The Morgan fingerprint density at radius 2 is 2.00 bits per heavy atom. The summed E-state index contributed by atoms with van der Waals surface area (Å²) in [4.78, 5) is 21.7. The van der Waals surface area contributed by atoms with Crippen molar-refractivity contribution >= 4 is 41.2 Å². The minimum atomic E-state index is -3.43. The van der Waals surface area contributed by atoms with Gasteiger partial charge in [0.2, 0.25) is 0 Å². The van der Waals surface area contributed by atoms with E-state index in [9.17, 15) is 22.9 Å². The molecule has 1 fully saturated rings. The van der Waals surface area contributed by atoms with Crippen molar-refractivity contribution < 1.29 is 12.8 Å². The van der Waals surface area contributed by atoms with Crippen molar-refractivity contribution in [1.29, 1.82) is 5.26 Å². The highest BCUT2D eigenvalue weighted by molar-refractivity contribution is 7.91. The highest BCUT2D eigenvalue weighted by Gasteiger charge is 2.46. The maximum atomic E-state index is 14.0. The molecule has 4 atom stereocenters. The summed E-state index contributed by atoms with van der Waals surface area (Å²) < 4.78 is 39.7. The van der Waals surface area contributed by atoms with Crippen molar-refractivity contribution in [3.05, 3.63) is 57.6 Å². The molecule has 1 aliphatic rings. The molecule has 34 heavy (non-hydrogen) atoms. The summed E-state index contributed by atoms with van der Waals surface area (Å²) in [5, 5.41) is 14.5. The second kappa shape index (κ2) is 8.71. The minimum Gasteiger partial charge on any atom is -0.363 e. The quantitative estimate of drug-likeness (QED) is 0.534. The molecule has 1 N–H and O–H groups in total. The monoisotopic (exact) mass is 501 g/mol. The van der Waals surface area contributed by atoms with Crippen LogP contribution >= 0.6 is 9.24 Å². The van der Waals surface area contributed by atoms with Gasteiger partial charge in [0.1, 0.15) is 29.4 Å². The van der Waals surface area contributed by atoms with Crippen LogP contribution in [-0.4, -0.2) is 34.5 Å². The van der Waals surface area contributed by atoms with Crippen molar-refractivity contribution in [1.82, 2.24) is 14.5 Å². The number of halogens is 1. The molecular formula is C23H25FN5O3PS. The predicted octanol–water partition coefficient (Wildman–Crippen LogP) is 2.61. The Kier molecular flexibility index (Phi) is 6.21. The summed E-state index contributed by atoms with van der Waals surface area (Å²) in [6, 6.07) is 8.79. The van der Waals surface area contributed by atoms with Crippen LogP contribution in [0.3, 0.4) is 0 Å². The summed E-state index contributed by atoms with van der Waals surface area (Å²) in [5.74, 6) is -0.115. The van der Waals surface area contributed by atoms with Gasteiger partial charge in [0, 0.05) is 12.6 Å². The van der Waals surface area contributed by atoms with Gasteiger partial charge in [0.15, 0.2) is 9.84 Å². The molecule has 178 valence electrons. The Labute approximate surface area is 199 Å². The minimum absolute atomic E-state index is 0.0596. The Hall–Kier alpha value is -2.89. The maximum Gasteiger partial charge on any atom is 0.256 e. The largest absolute Gasteiger partial charge is 0.363 e. The molecule has 0 amide bonds. The smallest absolute Gasteiger partial charge is 0.256 e. The van der Waals surface area contributed by atoms with Crippen LogP contribution in [0.15, 0.2) is 35.4 Å². The molecule has 0 spiro atoms. The van der Waals surface area contributed by atoms with Gasteiger partial charge in [0.05, 0.1) is 29.0 Å². The number of hydrogen-bond donors (Lipinski definition) is 1. The van der Waals surface area contributed by atoms with E-state index in [0.717, 1.165) is 10.9 Å². The van der Waals surface area contributed by atoms with Gasteiger partial charge in [-0.2, -0.15) is 5.26 Å². The molecule has 3 aromatic rings. The molecule has 1 aliphatic heterocycles. The van der Waals surface area contributed by atoms with Gasteiger partial charge >= 0.3 is 0 Å². The average molecular weight is 502 g/mol. The number of rotatable bonds is 5. The van der Waals surface area contributed by atoms with Crippen molar-refractivity contribution in [3.8, 4) is 6.07 Å². The van der Waals surface area contributed by atoms with Crippen LogP contribution in [-0.2, 0) is 22.3 Å². The van der Waals surface area contributed by atoms with E-state index in [0.29, 0.717) is 22.4 Å². The second-order valence-corrected chi connectivity index (χ2v) is 11.5. The summed E-state index contributed by atoms with van der Waals surface area (Å²) in [5.41, 5.74) is 0.0345. The number of anilines is 1. The van der Waals surface area contributed by atoms with E-state index in [4.69, 9.17) is 0 Å². The molecule has 3 unspecified atom stereocenters. The van der Waals surface area contributed by atoms with Crippen LogP contribution in [0.5, 0.6) is 0 Å². The van der Waals surface area contributed by atoms with Crippen LogP contribution < -0.4 is 16.2 Å². The molecule has 4 rings (SSSR count). The van der Waals surface area contributed by atoms with E-state index in [1.165, 1.54) is 24.9 Å². The maximum absolute atomic E-state index is 14.0. The van der Waals surface area contributed by atoms with Crippen molar-refractivity contribution in [2.24, 2.45) is 7.05 Å². The number of fused-ring (bicyclic) bond motifs is 1. The number of benzene rings is 1. The zero-order valence-corrected chi connectivity index (χ0v) is 21.0. The molecule has 2 aromatic heterocycles. The third kappa shape index (κ3) is 4.08. The van der Waals surface area contributed by atoms with Crippen LogP contribution in [0.2, 0.25) is 0 Å². The Morgan fingerprint density at radius 1 is 1.29 bits per heavy atom. The van der Waals surface area contributed by atoms with Crippen molar-refractivity contribution in [2.45, 2.75) is 37.9 Å². The van der Waals surface area contributed by atoms with E-state index in [1.54, 1.807) is 18.2 Å². The first-order chi connectivity index (χ1) is 16.0. The SMILES string of the molecule is CC(F)c1cccc([C@@H](C)Nc2ncnc3c2cc(C2(C#N)CCS(=O)(=O)C2)c(=O)n3C)c1P. The third-order valence-corrected chi connectivity index (χ3v) is 8.89. The molecule has 8 nitrogen and oxygen atoms in total. The molecule has 0 saturated carbocycles. The summed E-state index contributed by atoms with van der Waals surface area (Å²) in [6.45, 7) is 3.39. The highest BCUT2D eigenvalue weighted by Crippen LogP contribution is 2.36. The standard InChI is InChI=1S/C23H25FN5O3PS/c1-13(24)15-5-4-6-16(19(15)33)14(2)28-20-17-9-18(22(30)29(3)21(17)27-12-26-20)23(10-25)7-8-34(31,32)11-23/h4-6,9,12-14H,7-8,11,33H2,1-3H3,(H,26,27,28)/t13?,14-,23?/m1/s1. The van der Waals surface area contributed by atoms with Crippen LogP contribution in [0.1, 0.15) is 49.2 Å². The van der Waals surface area contributed by atoms with Crippen LogP contribution in [0.25, 0.3) is 11.0 Å². The van der Waals surface area contributed by atoms with Gasteiger partial charge in [-0.25, -0.2) is 22.8 Å². The van der Waals surface area contributed by atoms with Crippen molar-refractivity contribution in [3.63, 3.8) is 0 Å². The van der Waals surface area contributed by atoms with Gasteiger partial charge in [0.25, 0.3) is 5.56 Å². The lowest BCUT2D eigenvalue weighted by atomic mass is 9.82. The molecule has 1 saturated heterocycles. The zero-order valence-electron chi connectivity index (χ0n) is 19.0. The van der Waals surface area contributed by atoms with Crippen LogP contribution in [0.4, 0.5) is 10.2 Å². The van der Waals surface area contributed by atoms with E-state index in [2.05, 4.69) is 30.6 Å². The summed E-state index contributed by atoms with van der Waals surface area (Å²) >= 11 is 0. The van der Waals surface area contributed by atoms with Crippen LogP contribution in [0, 0.1) is 11.3 Å². The Balaban J connectivity index is 1.84. The summed E-state index contributed by atoms with van der Waals surface area (Å²) in [6.07, 6.45) is 0.268. The highest BCUT2D eigenvalue weighted by atomic mass is 32.2. The lowest BCUT2D eigenvalue weighted by Gasteiger charge is -2.22. The number of aromatic nitrogens is 3. The number of nitrogens with zero attached hydrogens (tertiary/aromatic N) is 4. The van der Waals surface area contributed by atoms with Crippen molar-refractivity contribution in [2.75, 3.05) is 16.8 Å². The van der Waals surface area contributed by atoms with E-state index < -0.39 is 32.7 Å². The Morgan fingerprint density at radius 3 is 2.62 bits per heavy atom. The first kappa shape index (κ1) is 24.2. The van der Waals surface area contributed by atoms with E-state index >= 15 is 0 Å². The third-order valence-electron chi connectivity index (χ3n) is 6.46. The topological polar surface area (TPSA) is 118 Å². The number of hydrogen-bond acceptors (Lipinski definition) is 7. The average Bonchev–Trinajstić information content (AvgIpc) is 3.12. The van der Waals surface area contributed by atoms with E-state index in [1.807, 2.05) is 13.0 Å². The zero-order chi connectivity index (χ0) is 24.8. The summed E-state index contributed by atoms with van der Waals surface area (Å²) in [7, 11) is 0.703. The molecule has 0 radical (unpaired) electrons. The first-order valence-corrected chi connectivity index (χ1v) is 13.2. The number of nitriles is 1. The fraction of sp³-hybridized carbons (Fsp3) is 0.391. The Bertz CT molecular complexity index is 1500. The fourth-order valence-electron chi connectivity index (χ4n) is 4.55. The van der Waals surface area contributed by atoms with Gasteiger partial charge < -0.3 is 5.32 Å². The first-order valence-electron chi connectivity index (χ1n) is 10.8. The normalized spacial score (nSPS) is 21.2. The van der Waals surface area contributed by atoms with Gasteiger partial charge in [-0.15, -0.1) is 9.24 Å². The van der Waals surface area contributed by atoms with Gasteiger partial charge in [-0.1, -0.05) is 18.2 Å². The molecule has 11 heteroatoms.